The lowest BCUT2D eigenvalue weighted by atomic mass is 9.73. The van der Waals surface area contributed by atoms with Gasteiger partial charge in [-0.3, -0.25) is 0 Å². The fourth-order valence-corrected chi connectivity index (χ4v) is 2.39. The Bertz CT molecular complexity index is 116. The molecule has 3 unspecified atom stereocenters. The second-order valence-electron chi connectivity index (χ2n) is 3.67. The van der Waals surface area contributed by atoms with Crippen molar-refractivity contribution in [2.45, 2.75) is 25.3 Å². The molecule has 3 atom stereocenters. The predicted molar refractivity (Wildman–Crippen MR) is 41.7 cm³/mol. The van der Waals surface area contributed by atoms with Gasteiger partial charge in [0.15, 0.2) is 0 Å². The van der Waals surface area contributed by atoms with Crippen molar-refractivity contribution in [2.75, 3.05) is 13.1 Å². The van der Waals surface area contributed by atoms with Crippen molar-refractivity contribution in [3.63, 3.8) is 0 Å². The summed E-state index contributed by atoms with van der Waals surface area (Å²) in [5, 5.41) is 3.53. The van der Waals surface area contributed by atoms with E-state index < -0.39 is 0 Å². The maximum absolute atomic E-state index is 5.66. The fraction of sp³-hybridized carbons (Fsp3) is 1.00. The Hall–Kier alpha value is -0.0800. The third-order valence-electron chi connectivity index (χ3n) is 3.11. The second-order valence-corrected chi connectivity index (χ2v) is 3.67. The van der Waals surface area contributed by atoms with Gasteiger partial charge in [0, 0.05) is 6.04 Å². The molecule has 1 saturated carbocycles. The van der Waals surface area contributed by atoms with Crippen LogP contribution in [0.2, 0.25) is 0 Å². The topological polar surface area (TPSA) is 38.0 Å². The van der Waals surface area contributed by atoms with Crippen molar-refractivity contribution in [1.82, 2.24) is 5.32 Å². The molecule has 1 aliphatic carbocycles. The molecule has 0 aromatic carbocycles. The van der Waals surface area contributed by atoms with Gasteiger partial charge >= 0.3 is 0 Å². The van der Waals surface area contributed by atoms with E-state index in [1.807, 2.05) is 0 Å². The van der Waals surface area contributed by atoms with E-state index in [2.05, 4.69) is 5.32 Å². The highest BCUT2D eigenvalue weighted by Gasteiger charge is 2.33. The summed E-state index contributed by atoms with van der Waals surface area (Å²) in [6.45, 7) is 2.13. The van der Waals surface area contributed by atoms with E-state index in [0.29, 0.717) is 0 Å². The van der Waals surface area contributed by atoms with Gasteiger partial charge in [0.1, 0.15) is 0 Å². The monoisotopic (exact) mass is 140 g/mol. The zero-order valence-corrected chi connectivity index (χ0v) is 6.34. The summed E-state index contributed by atoms with van der Waals surface area (Å²) in [6.07, 6.45) is 4.14. The number of piperidine rings is 2. The summed E-state index contributed by atoms with van der Waals surface area (Å²) in [6, 6.07) is 0.804. The first-order chi connectivity index (χ1) is 4.90. The number of hydrogen-bond acceptors (Lipinski definition) is 2. The number of rotatable bonds is 1. The Morgan fingerprint density at radius 3 is 2.60 bits per heavy atom. The zero-order valence-electron chi connectivity index (χ0n) is 6.34. The molecule has 0 amide bonds. The van der Waals surface area contributed by atoms with Crippen molar-refractivity contribution < 1.29 is 0 Å². The Kier molecular flexibility index (Phi) is 1.66. The summed E-state index contributed by atoms with van der Waals surface area (Å²) in [7, 11) is 0. The molecule has 0 aromatic heterocycles. The quantitative estimate of drug-likeness (QED) is 0.551. The van der Waals surface area contributed by atoms with Gasteiger partial charge in [-0.25, -0.2) is 0 Å². The highest BCUT2D eigenvalue weighted by Crippen LogP contribution is 2.33. The smallest absolute Gasteiger partial charge is 0.00705 e. The van der Waals surface area contributed by atoms with Crippen molar-refractivity contribution in [2.24, 2.45) is 17.6 Å². The lowest BCUT2D eigenvalue weighted by Gasteiger charge is -2.42. The molecule has 0 spiro atoms. The molecule has 2 heteroatoms. The summed E-state index contributed by atoms with van der Waals surface area (Å²) in [4.78, 5) is 0. The van der Waals surface area contributed by atoms with Gasteiger partial charge in [0.2, 0.25) is 0 Å². The van der Waals surface area contributed by atoms with E-state index in [0.717, 1.165) is 24.4 Å². The van der Waals surface area contributed by atoms with Crippen molar-refractivity contribution in [3.8, 4) is 0 Å². The number of fused-ring (bicyclic) bond motifs is 3. The van der Waals surface area contributed by atoms with Crippen LogP contribution in [0.4, 0.5) is 0 Å². The molecule has 2 bridgehead atoms. The fourth-order valence-electron chi connectivity index (χ4n) is 2.39. The van der Waals surface area contributed by atoms with Gasteiger partial charge in [-0.2, -0.15) is 0 Å². The maximum atomic E-state index is 5.66. The number of nitrogens with two attached hydrogens (primary N) is 1. The second kappa shape index (κ2) is 2.51. The van der Waals surface area contributed by atoms with Gasteiger partial charge in [-0.1, -0.05) is 0 Å². The van der Waals surface area contributed by atoms with Crippen molar-refractivity contribution in [3.05, 3.63) is 0 Å². The molecular formula is C8H16N2. The highest BCUT2D eigenvalue weighted by molar-refractivity contribution is 4.90. The van der Waals surface area contributed by atoms with Crippen LogP contribution in [0.3, 0.4) is 0 Å². The Morgan fingerprint density at radius 2 is 2.30 bits per heavy atom. The van der Waals surface area contributed by atoms with Crippen LogP contribution in [0, 0.1) is 11.8 Å². The molecule has 58 valence electrons. The molecule has 2 nitrogen and oxygen atoms in total. The average Bonchev–Trinajstić information content (AvgIpc) is 2.06. The molecule has 2 heterocycles. The SMILES string of the molecule is NCC1CC2CCC1CN2. The van der Waals surface area contributed by atoms with E-state index in [1.54, 1.807) is 0 Å². The Labute approximate surface area is 62.2 Å². The minimum Gasteiger partial charge on any atom is -0.330 e. The van der Waals surface area contributed by atoms with Crippen LogP contribution in [-0.2, 0) is 0 Å². The third-order valence-corrected chi connectivity index (χ3v) is 3.11. The Balaban J connectivity index is 2.01. The largest absolute Gasteiger partial charge is 0.330 e. The molecule has 3 N–H and O–H groups in total. The first-order valence-corrected chi connectivity index (χ1v) is 4.33. The van der Waals surface area contributed by atoms with Crippen molar-refractivity contribution in [1.29, 1.82) is 0 Å². The first kappa shape index (κ1) is 6.62. The van der Waals surface area contributed by atoms with Gasteiger partial charge in [0.05, 0.1) is 0 Å². The standard InChI is InChI=1S/C8H16N2/c9-4-7-3-8-2-1-6(7)5-10-8/h6-8,10H,1-5,9H2. The van der Waals surface area contributed by atoms with E-state index in [9.17, 15) is 0 Å². The molecule has 0 radical (unpaired) electrons. The van der Waals surface area contributed by atoms with Gasteiger partial charge in [0.25, 0.3) is 0 Å². The van der Waals surface area contributed by atoms with E-state index in [1.165, 1.54) is 25.8 Å². The molecule has 10 heavy (non-hydrogen) atoms. The minimum absolute atomic E-state index is 0.804. The van der Waals surface area contributed by atoms with Crippen LogP contribution in [0.15, 0.2) is 0 Å². The molecule has 2 aliphatic heterocycles. The Morgan fingerprint density at radius 1 is 1.40 bits per heavy atom. The molecule has 0 aromatic rings. The molecule has 3 rings (SSSR count). The van der Waals surface area contributed by atoms with E-state index >= 15 is 0 Å². The zero-order chi connectivity index (χ0) is 6.97. The number of hydrogen-bond donors (Lipinski definition) is 2. The van der Waals surface area contributed by atoms with E-state index in [4.69, 9.17) is 5.73 Å². The van der Waals surface area contributed by atoms with Crippen LogP contribution in [0.25, 0.3) is 0 Å². The molecule has 2 saturated heterocycles. The summed E-state index contributed by atoms with van der Waals surface area (Å²) in [5.41, 5.74) is 5.66. The maximum Gasteiger partial charge on any atom is 0.00705 e. The summed E-state index contributed by atoms with van der Waals surface area (Å²) < 4.78 is 0. The molecule has 3 fully saturated rings. The molecular weight excluding hydrogens is 124 g/mol. The van der Waals surface area contributed by atoms with Crippen LogP contribution in [0.1, 0.15) is 19.3 Å². The summed E-state index contributed by atoms with van der Waals surface area (Å²) >= 11 is 0. The average molecular weight is 140 g/mol. The van der Waals surface area contributed by atoms with Gasteiger partial charge in [-0.05, 0) is 44.2 Å². The highest BCUT2D eigenvalue weighted by atomic mass is 15.0. The van der Waals surface area contributed by atoms with Crippen molar-refractivity contribution >= 4 is 0 Å². The normalized spacial score (nSPS) is 45.9. The van der Waals surface area contributed by atoms with Gasteiger partial charge < -0.3 is 11.1 Å². The van der Waals surface area contributed by atoms with Crippen LogP contribution < -0.4 is 11.1 Å². The number of nitrogens with one attached hydrogen (secondary N) is 1. The lowest BCUT2D eigenvalue weighted by Crippen LogP contribution is -2.50. The van der Waals surface area contributed by atoms with Crippen LogP contribution >= 0.6 is 0 Å². The van der Waals surface area contributed by atoms with Crippen LogP contribution in [0.5, 0.6) is 0 Å². The third kappa shape index (κ3) is 0.956. The minimum atomic E-state index is 0.804. The van der Waals surface area contributed by atoms with Gasteiger partial charge in [-0.15, -0.1) is 0 Å². The first-order valence-electron chi connectivity index (χ1n) is 4.33. The lowest BCUT2D eigenvalue weighted by molar-refractivity contribution is 0.137. The van der Waals surface area contributed by atoms with E-state index in [-0.39, 0.29) is 0 Å². The summed E-state index contributed by atoms with van der Waals surface area (Å²) in [5.74, 6) is 1.73. The molecule has 3 aliphatic rings. The predicted octanol–water partition coefficient (Wildman–Crippen LogP) is 0.333. The van der Waals surface area contributed by atoms with Crippen LogP contribution in [-0.4, -0.2) is 19.1 Å².